The minimum atomic E-state index is 0.694. The monoisotopic (exact) mass is 180 g/mol. The summed E-state index contributed by atoms with van der Waals surface area (Å²) in [4.78, 5) is 0. The molecule has 0 aromatic heterocycles. The largest absolute Gasteiger partial charge is 0.314 e. The van der Waals surface area contributed by atoms with Crippen LogP contribution in [0.4, 0.5) is 0 Å². The van der Waals surface area contributed by atoms with E-state index in [1.165, 1.54) is 38.5 Å². The molecule has 0 radical (unpaired) electrons. The van der Waals surface area contributed by atoms with Gasteiger partial charge in [0, 0.05) is 12.5 Å². The maximum atomic E-state index is 8.37. The lowest BCUT2D eigenvalue weighted by Gasteiger charge is -2.15. The highest BCUT2D eigenvalue weighted by molar-refractivity contribution is 4.73. The predicted octanol–water partition coefficient (Wildman–Crippen LogP) is 2.60. The van der Waals surface area contributed by atoms with Crippen LogP contribution in [0.25, 0.3) is 0 Å². The zero-order valence-corrected chi connectivity index (χ0v) is 8.39. The summed E-state index contributed by atoms with van der Waals surface area (Å²) in [5.41, 5.74) is 0. The van der Waals surface area contributed by atoms with Crippen LogP contribution in [0.3, 0.4) is 0 Å². The lowest BCUT2D eigenvalue weighted by Crippen LogP contribution is -2.29. The molecule has 0 atom stereocenters. The van der Waals surface area contributed by atoms with Gasteiger partial charge in [-0.1, -0.05) is 25.7 Å². The maximum absolute atomic E-state index is 8.37. The molecular formula is C11H20N2. The Morgan fingerprint density at radius 3 is 2.46 bits per heavy atom. The van der Waals surface area contributed by atoms with E-state index in [-0.39, 0.29) is 0 Å². The van der Waals surface area contributed by atoms with Crippen LogP contribution in [0.15, 0.2) is 0 Å². The second-order valence-electron chi connectivity index (χ2n) is 3.90. The SMILES string of the molecule is N#CCCCNC1CCCCCC1. The fourth-order valence-electron chi connectivity index (χ4n) is 1.96. The fourth-order valence-corrected chi connectivity index (χ4v) is 1.96. The number of nitrogens with zero attached hydrogens (tertiary/aromatic N) is 1. The quantitative estimate of drug-likeness (QED) is 0.533. The first-order valence-corrected chi connectivity index (χ1v) is 5.54. The van der Waals surface area contributed by atoms with Gasteiger partial charge in [-0.2, -0.15) is 5.26 Å². The van der Waals surface area contributed by atoms with Crippen LogP contribution in [0.2, 0.25) is 0 Å². The third kappa shape index (κ3) is 4.90. The Labute approximate surface area is 81.3 Å². The molecule has 74 valence electrons. The summed E-state index contributed by atoms with van der Waals surface area (Å²) in [6.07, 6.45) is 9.98. The Bertz CT molecular complexity index is 152. The third-order valence-corrected chi connectivity index (χ3v) is 2.75. The van der Waals surface area contributed by atoms with Crippen molar-refractivity contribution in [2.24, 2.45) is 0 Å². The van der Waals surface area contributed by atoms with E-state index < -0.39 is 0 Å². The summed E-state index contributed by atoms with van der Waals surface area (Å²) >= 11 is 0. The summed E-state index contributed by atoms with van der Waals surface area (Å²) in [5.74, 6) is 0. The van der Waals surface area contributed by atoms with Crippen molar-refractivity contribution in [3.63, 3.8) is 0 Å². The molecule has 0 heterocycles. The van der Waals surface area contributed by atoms with Crippen LogP contribution in [-0.2, 0) is 0 Å². The first-order valence-electron chi connectivity index (χ1n) is 5.54. The van der Waals surface area contributed by atoms with Gasteiger partial charge in [0.1, 0.15) is 0 Å². The first kappa shape index (κ1) is 10.5. The third-order valence-electron chi connectivity index (χ3n) is 2.75. The summed E-state index contributed by atoms with van der Waals surface area (Å²) in [7, 11) is 0. The molecule has 0 bridgehead atoms. The molecule has 1 aliphatic carbocycles. The zero-order valence-electron chi connectivity index (χ0n) is 8.39. The van der Waals surface area contributed by atoms with E-state index in [2.05, 4.69) is 11.4 Å². The molecule has 0 unspecified atom stereocenters. The fraction of sp³-hybridized carbons (Fsp3) is 0.909. The van der Waals surface area contributed by atoms with Gasteiger partial charge in [0.25, 0.3) is 0 Å². The molecule has 0 amide bonds. The second kappa shape index (κ2) is 6.91. The van der Waals surface area contributed by atoms with Crippen molar-refractivity contribution in [1.82, 2.24) is 5.32 Å². The van der Waals surface area contributed by atoms with Crippen molar-refractivity contribution >= 4 is 0 Å². The number of unbranched alkanes of at least 4 members (excludes halogenated alkanes) is 1. The van der Waals surface area contributed by atoms with Gasteiger partial charge in [0.2, 0.25) is 0 Å². The normalized spacial score (nSPS) is 19.3. The Kier molecular flexibility index (Phi) is 5.60. The van der Waals surface area contributed by atoms with Crippen molar-refractivity contribution in [3.8, 4) is 6.07 Å². The number of nitriles is 1. The van der Waals surface area contributed by atoms with Gasteiger partial charge in [-0.3, -0.25) is 0 Å². The highest BCUT2D eigenvalue weighted by Crippen LogP contribution is 2.16. The molecule has 0 aliphatic heterocycles. The number of rotatable bonds is 4. The first-order chi connectivity index (χ1) is 6.43. The van der Waals surface area contributed by atoms with Crippen LogP contribution in [0.5, 0.6) is 0 Å². The summed E-state index contributed by atoms with van der Waals surface area (Å²) < 4.78 is 0. The van der Waals surface area contributed by atoms with E-state index in [1.807, 2.05) is 0 Å². The van der Waals surface area contributed by atoms with E-state index in [0.717, 1.165) is 19.0 Å². The summed E-state index contributed by atoms with van der Waals surface area (Å²) in [6, 6.07) is 2.91. The molecule has 0 saturated heterocycles. The molecule has 1 aliphatic rings. The number of hydrogen-bond donors (Lipinski definition) is 1. The molecular weight excluding hydrogens is 160 g/mol. The highest BCUT2D eigenvalue weighted by atomic mass is 14.9. The molecule has 1 fully saturated rings. The van der Waals surface area contributed by atoms with Gasteiger partial charge < -0.3 is 5.32 Å². The van der Waals surface area contributed by atoms with E-state index >= 15 is 0 Å². The lowest BCUT2D eigenvalue weighted by atomic mass is 10.1. The number of hydrogen-bond acceptors (Lipinski definition) is 2. The Hall–Kier alpha value is -0.550. The van der Waals surface area contributed by atoms with Gasteiger partial charge in [-0.05, 0) is 25.8 Å². The Balaban J connectivity index is 2.02. The van der Waals surface area contributed by atoms with E-state index in [1.54, 1.807) is 0 Å². The highest BCUT2D eigenvalue weighted by Gasteiger charge is 2.10. The second-order valence-corrected chi connectivity index (χ2v) is 3.90. The molecule has 2 nitrogen and oxygen atoms in total. The van der Waals surface area contributed by atoms with Gasteiger partial charge in [-0.15, -0.1) is 0 Å². The summed E-state index contributed by atoms with van der Waals surface area (Å²) in [5, 5.41) is 11.9. The lowest BCUT2D eigenvalue weighted by molar-refractivity contribution is 0.457. The van der Waals surface area contributed by atoms with Crippen LogP contribution < -0.4 is 5.32 Å². The van der Waals surface area contributed by atoms with Crippen LogP contribution in [0.1, 0.15) is 51.4 Å². The van der Waals surface area contributed by atoms with Crippen molar-refractivity contribution in [2.45, 2.75) is 57.4 Å². The van der Waals surface area contributed by atoms with Gasteiger partial charge in [0.05, 0.1) is 6.07 Å². The van der Waals surface area contributed by atoms with E-state index in [9.17, 15) is 0 Å². The van der Waals surface area contributed by atoms with Gasteiger partial charge in [-0.25, -0.2) is 0 Å². The van der Waals surface area contributed by atoms with Crippen molar-refractivity contribution in [1.29, 1.82) is 5.26 Å². The Morgan fingerprint density at radius 2 is 1.85 bits per heavy atom. The maximum Gasteiger partial charge on any atom is 0.0622 e. The standard InChI is InChI=1S/C11H20N2/c12-9-5-6-10-13-11-7-3-1-2-4-8-11/h11,13H,1-8,10H2. The molecule has 0 aromatic rings. The smallest absolute Gasteiger partial charge is 0.0622 e. The van der Waals surface area contributed by atoms with Crippen molar-refractivity contribution < 1.29 is 0 Å². The van der Waals surface area contributed by atoms with Crippen LogP contribution >= 0.6 is 0 Å². The number of nitrogens with one attached hydrogen (secondary N) is 1. The predicted molar refractivity (Wildman–Crippen MR) is 54.3 cm³/mol. The van der Waals surface area contributed by atoms with Gasteiger partial charge in [0.15, 0.2) is 0 Å². The van der Waals surface area contributed by atoms with Gasteiger partial charge >= 0.3 is 0 Å². The van der Waals surface area contributed by atoms with Crippen LogP contribution in [0, 0.1) is 11.3 Å². The van der Waals surface area contributed by atoms with Crippen LogP contribution in [-0.4, -0.2) is 12.6 Å². The zero-order chi connectivity index (χ0) is 9.36. The molecule has 0 spiro atoms. The van der Waals surface area contributed by atoms with Crippen molar-refractivity contribution in [2.75, 3.05) is 6.54 Å². The Morgan fingerprint density at radius 1 is 1.15 bits per heavy atom. The summed E-state index contributed by atoms with van der Waals surface area (Å²) in [6.45, 7) is 1.03. The minimum absolute atomic E-state index is 0.694. The molecule has 13 heavy (non-hydrogen) atoms. The molecule has 1 N–H and O–H groups in total. The van der Waals surface area contributed by atoms with E-state index in [0.29, 0.717) is 6.42 Å². The minimum Gasteiger partial charge on any atom is -0.314 e. The van der Waals surface area contributed by atoms with Crippen molar-refractivity contribution in [3.05, 3.63) is 0 Å². The molecule has 1 rings (SSSR count). The molecule has 0 aromatic carbocycles. The van der Waals surface area contributed by atoms with E-state index in [4.69, 9.17) is 5.26 Å². The average molecular weight is 180 g/mol. The average Bonchev–Trinajstić information content (AvgIpc) is 2.41. The molecule has 2 heteroatoms. The topological polar surface area (TPSA) is 35.8 Å². The molecule has 1 saturated carbocycles.